The fraction of sp³-hybridized carbons (Fsp3) is 0.857. The molecule has 1 aliphatic heterocycles. The normalized spacial score (nSPS) is 34.9. The van der Waals surface area contributed by atoms with E-state index in [0.29, 0.717) is 0 Å². The van der Waals surface area contributed by atoms with E-state index in [9.17, 15) is 18.0 Å². The molecule has 1 heterocycles. The van der Waals surface area contributed by atoms with Gasteiger partial charge in [-0.25, -0.2) is 0 Å². The van der Waals surface area contributed by atoms with Crippen molar-refractivity contribution in [1.82, 2.24) is 5.32 Å². The van der Waals surface area contributed by atoms with Crippen LogP contribution in [0, 0.1) is 11.3 Å². The van der Waals surface area contributed by atoms with E-state index in [1.54, 1.807) is 0 Å². The lowest BCUT2D eigenvalue weighted by molar-refractivity contribution is -0.201. The molecule has 6 heteroatoms. The first-order chi connectivity index (χ1) is 5.78. The van der Waals surface area contributed by atoms with E-state index in [2.05, 4.69) is 5.32 Å². The quantitative estimate of drug-likeness (QED) is 0.655. The number of carbonyl (C=O) groups is 1. The van der Waals surface area contributed by atoms with E-state index in [-0.39, 0.29) is 13.1 Å². The largest absolute Gasteiger partial charge is 0.481 e. The van der Waals surface area contributed by atoms with Crippen LogP contribution < -0.4 is 5.32 Å². The SMILES string of the molecule is C[C@]1(C(=O)O)CNC[C@@H]1C(F)(F)F. The molecular weight excluding hydrogens is 187 g/mol. The molecule has 0 bridgehead atoms. The molecule has 1 saturated heterocycles. The molecule has 0 unspecified atom stereocenters. The van der Waals surface area contributed by atoms with Crippen LogP contribution in [0.15, 0.2) is 0 Å². The molecule has 1 fully saturated rings. The first-order valence-corrected chi connectivity index (χ1v) is 3.79. The number of carboxylic acid groups (broad SMARTS) is 1. The van der Waals surface area contributed by atoms with Crippen LogP contribution in [-0.4, -0.2) is 30.3 Å². The topological polar surface area (TPSA) is 49.3 Å². The van der Waals surface area contributed by atoms with Crippen LogP contribution in [0.25, 0.3) is 0 Å². The van der Waals surface area contributed by atoms with Gasteiger partial charge in [0.1, 0.15) is 0 Å². The van der Waals surface area contributed by atoms with Crippen molar-refractivity contribution in [3.8, 4) is 0 Å². The molecule has 0 spiro atoms. The van der Waals surface area contributed by atoms with Crippen molar-refractivity contribution >= 4 is 5.97 Å². The Bertz CT molecular complexity index is 228. The number of hydrogen-bond donors (Lipinski definition) is 2. The molecule has 0 aromatic carbocycles. The van der Waals surface area contributed by atoms with Crippen LogP contribution >= 0.6 is 0 Å². The predicted octanol–water partition coefficient (Wildman–Crippen LogP) is 0.859. The van der Waals surface area contributed by atoms with Gasteiger partial charge in [0.2, 0.25) is 0 Å². The summed E-state index contributed by atoms with van der Waals surface area (Å²) in [4.78, 5) is 10.6. The molecule has 0 saturated carbocycles. The first-order valence-electron chi connectivity index (χ1n) is 3.79. The van der Waals surface area contributed by atoms with Crippen molar-refractivity contribution in [1.29, 1.82) is 0 Å². The molecule has 0 aliphatic carbocycles. The Labute approximate surface area is 72.9 Å². The van der Waals surface area contributed by atoms with Gasteiger partial charge in [-0.15, -0.1) is 0 Å². The van der Waals surface area contributed by atoms with Gasteiger partial charge in [0.05, 0.1) is 11.3 Å². The molecule has 2 atom stereocenters. The number of alkyl halides is 3. The number of carboxylic acids is 1. The maximum absolute atomic E-state index is 12.3. The first kappa shape index (κ1) is 10.3. The molecule has 0 aromatic heterocycles. The number of aliphatic carboxylic acids is 1. The molecule has 76 valence electrons. The van der Waals surface area contributed by atoms with Crippen LogP contribution in [0.1, 0.15) is 6.92 Å². The van der Waals surface area contributed by atoms with Gasteiger partial charge < -0.3 is 10.4 Å². The van der Waals surface area contributed by atoms with Crippen LogP contribution in [0.4, 0.5) is 13.2 Å². The van der Waals surface area contributed by atoms with E-state index in [0.717, 1.165) is 6.92 Å². The Kier molecular flexibility index (Phi) is 2.27. The van der Waals surface area contributed by atoms with E-state index in [1.165, 1.54) is 0 Å². The van der Waals surface area contributed by atoms with Crippen molar-refractivity contribution in [3.05, 3.63) is 0 Å². The van der Waals surface area contributed by atoms with Gasteiger partial charge in [0, 0.05) is 13.1 Å². The van der Waals surface area contributed by atoms with E-state index in [1.807, 2.05) is 0 Å². The van der Waals surface area contributed by atoms with Crippen molar-refractivity contribution in [2.24, 2.45) is 11.3 Å². The average Bonchev–Trinajstić information content (AvgIpc) is 2.31. The predicted molar refractivity (Wildman–Crippen MR) is 38.2 cm³/mol. The van der Waals surface area contributed by atoms with Crippen LogP contribution in [0.3, 0.4) is 0 Å². The Hall–Kier alpha value is -0.780. The Morgan fingerprint density at radius 1 is 1.62 bits per heavy atom. The molecule has 3 nitrogen and oxygen atoms in total. The summed E-state index contributed by atoms with van der Waals surface area (Å²) in [6.07, 6.45) is -4.45. The molecular formula is C7H10F3NO2. The third kappa shape index (κ3) is 1.63. The minimum absolute atomic E-state index is 0.132. The van der Waals surface area contributed by atoms with Crippen molar-refractivity contribution in [2.45, 2.75) is 13.1 Å². The molecule has 1 rings (SSSR count). The highest BCUT2D eigenvalue weighted by atomic mass is 19.4. The average molecular weight is 197 g/mol. The second kappa shape index (κ2) is 2.87. The van der Waals surface area contributed by atoms with Gasteiger partial charge in [-0.2, -0.15) is 13.2 Å². The Morgan fingerprint density at radius 2 is 2.15 bits per heavy atom. The molecule has 0 radical (unpaired) electrons. The molecule has 2 N–H and O–H groups in total. The summed E-state index contributed by atoms with van der Waals surface area (Å²) >= 11 is 0. The zero-order valence-electron chi connectivity index (χ0n) is 6.98. The lowest BCUT2D eigenvalue weighted by Crippen LogP contribution is -2.42. The Morgan fingerprint density at radius 3 is 2.46 bits per heavy atom. The summed E-state index contributed by atoms with van der Waals surface area (Å²) in [6.45, 7) is 0.673. The third-order valence-corrected chi connectivity index (χ3v) is 2.49. The molecule has 0 amide bonds. The van der Waals surface area contributed by atoms with E-state index < -0.39 is 23.5 Å². The van der Waals surface area contributed by atoms with Crippen LogP contribution in [0.5, 0.6) is 0 Å². The summed E-state index contributed by atoms with van der Waals surface area (Å²) in [5.41, 5.74) is -1.72. The Balaban J connectivity index is 2.93. The van der Waals surface area contributed by atoms with Crippen LogP contribution in [-0.2, 0) is 4.79 Å². The van der Waals surface area contributed by atoms with Gasteiger partial charge in [-0.3, -0.25) is 4.79 Å². The minimum atomic E-state index is -4.45. The fourth-order valence-corrected chi connectivity index (χ4v) is 1.53. The van der Waals surface area contributed by atoms with Gasteiger partial charge in [-0.1, -0.05) is 0 Å². The monoisotopic (exact) mass is 197 g/mol. The highest BCUT2D eigenvalue weighted by Gasteiger charge is 2.57. The summed E-state index contributed by atoms with van der Waals surface area (Å²) in [7, 11) is 0. The highest BCUT2D eigenvalue weighted by molar-refractivity contribution is 5.75. The molecule has 1 aliphatic rings. The van der Waals surface area contributed by atoms with Gasteiger partial charge >= 0.3 is 12.1 Å². The van der Waals surface area contributed by atoms with E-state index in [4.69, 9.17) is 5.11 Å². The summed E-state index contributed by atoms with van der Waals surface area (Å²) < 4.78 is 36.9. The van der Waals surface area contributed by atoms with Gasteiger partial charge in [0.15, 0.2) is 0 Å². The van der Waals surface area contributed by atoms with Crippen LogP contribution in [0.2, 0.25) is 0 Å². The number of rotatable bonds is 1. The maximum atomic E-state index is 12.3. The zero-order valence-corrected chi connectivity index (χ0v) is 6.98. The third-order valence-electron chi connectivity index (χ3n) is 2.49. The lowest BCUT2D eigenvalue weighted by atomic mass is 9.79. The molecule has 13 heavy (non-hydrogen) atoms. The number of hydrogen-bond acceptors (Lipinski definition) is 2. The van der Waals surface area contributed by atoms with E-state index >= 15 is 0 Å². The zero-order chi connectivity index (χ0) is 10.3. The standard InChI is InChI=1S/C7H10F3NO2/c1-6(5(12)13)3-11-2-4(6)7(8,9)10/h4,11H,2-3H2,1H3,(H,12,13)/t4-,6-/m0/s1. The van der Waals surface area contributed by atoms with Gasteiger partial charge in [-0.05, 0) is 6.92 Å². The summed E-state index contributed by atoms with van der Waals surface area (Å²) in [6, 6.07) is 0. The number of nitrogens with one attached hydrogen (secondary N) is 1. The maximum Gasteiger partial charge on any atom is 0.394 e. The summed E-state index contributed by atoms with van der Waals surface area (Å²) in [5, 5.41) is 11.1. The van der Waals surface area contributed by atoms with Crippen molar-refractivity contribution < 1.29 is 23.1 Å². The second-order valence-corrected chi connectivity index (χ2v) is 3.45. The lowest BCUT2D eigenvalue weighted by Gasteiger charge is -2.27. The van der Waals surface area contributed by atoms with Crippen molar-refractivity contribution in [2.75, 3.05) is 13.1 Å². The van der Waals surface area contributed by atoms with Crippen molar-refractivity contribution in [3.63, 3.8) is 0 Å². The summed E-state index contributed by atoms with van der Waals surface area (Å²) in [5.74, 6) is -3.20. The van der Waals surface area contributed by atoms with Gasteiger partial charge in [0.25, 0.3) is 0 Å². The second-order valence-electron chi connectivity index (χ2n) is 3.45. The highest BCUT2D eigenvalue weighted by Crippen LogP contribution is 2.42. The fourth-order valence-electron chi connectivity index (χ4n) is 1.53. The number of halogens is 3. The smallest absolute Gasteiger partial charge is 0.394 e. The minimum Gasteiger partial charge on any atom is -0.481 e. The molecule has 0 aromatic rings.